The summed E-state index contributed by atoms with van der Waals surface area (Å²) in [6, 6.07) is 9.06. The van der Waals surface area contributed by atoms with Gasteiger partial charge in [0.25, 0.3) is 0 Å². The zero-order chi connectivity index (χ0) is 14.1. The third-order valence-corrected chi connectivity index (χ3v) is 2.74. The molecule has 0 saturated heterocycles. The molecule has 5 nitrogen and oxygen atoms in total. The molecule has 0 fully saturated rings. The molecular weight excluding hydrogens is 246 g/mol. The molecule has 5 heteroatoms. The number of ether oxygens (including phenoxy) is 3. The normalized spacial score (nSPS) is 13.8. The summed E-state index contributed by atoms with van der Waals surface area (Å²) in [7, 11) is 1.31. The summed E-state index contributed by atoms with van der Waals surface area (Å²) >= 11 is 0. The van der Waals surface area contributed by atoms with E-state index >= 15 is 0 Å². The van der Waals surface area contributed by atoms with Crippen LogP contribution in [0.25, 0.3) is 0 Å². The first-order valence-electron chi connectivity index (χ1n) is 6.23. The Balaban J connectivity index is 2.69. The van der Waals surface area contributed by atoms with E-state index in [1.54, 1.807) is 12.1 Å². The molecule has 0 radical (unpaired) electrons. The molecule has 1 unspecified atom stereocenters. The monoisotopic (exact) mass is 267 g/mol. The van der Waals surface area contributed by atoms with Gasteiger partial charge in [-0.25, -0.2) is 4.79 Å². The molecule has 1 rings (SSSR count). The standard InChI is InChI=1S/C14H21NO4/c1-3-18-9-10-19-11-14(15,13(16)17-2)12-7-5-4-6-8-12/h4-8H,3,9-11,15H2,1-2H3. The van der Waals surface area contributed by atoms with Gasteiger partial charge < -0.3 is 19.9 Å². The van der Waals surface area contributed by atoms with Gasteiger partial charge in [0, 0.05) is 6.61 Å². The Morgan fingerprint density at radius 2 is 1.84 bits per heavy atom. The fraction of sp³-hybridized carbons (Fsp3) is 0.500. The lowest BCUT2D eigenvalue weighted by Crippen LogP contribution is -2.49. The van der Waals surface area contributed by atoms with Gasteiger partial charge in [-0.3, -0.25) is 0 Å². The van der Waals surface area contributed by atoms with E-state index in [0.29, 0.717) is 25.4 Å². The van der Waals surface area contributed by atoms with E-state index in [4.69, 9.17) is 19.9 Å². The highest BCUT2D eigenvalue weighted by Gasteiger charge is 2.37. The SMILES string of the molecule is CCOCCOCC(N)(C(=O)OC)c1ccccc1. The molecule has 19 heavy (non-hydrogen) atoms. The second kappa shape index (κ2) is 7.89. The molecule has 1 aromatic rings. The van der Waals surface area contributed by atoms with E-state index in [0.717, 1.165) is 0 Å². The molecule has 0 aromatic heterocycles. The van der Waals surface area contributed by atoms with Crippen LogP contribution in [0.4, 0.5) is 0 Å². The van der Waals surface area contributed by atoms with Gasteiger partial charge in [-0.15, -0.1) is 0 Å². The number of hydrogen-bond acceptors (Lipinski definition) is 5. The van der Waals surface area contributed by atoms with Crippen molar-refractivity contribution in [2.45, 2.75) is 12.5 Å². The molecule has 1 aromatic carbocycles. The summed E-state index contributed by atoms with van der Waals surface area (Å²) in [5, 5.41) is 0. The quantitative estimate of drug-likeness (QED) is 0.563. The van der Waals surface area contributed by atoms with Crippen molar-refractivity contribution in [3.8, 4) is 0 Å². The average molecular weight is 267 g/mol. The lowest BCUT2D eigenvalue weighted by Gasteiger charge is -2.26. The Kier molecular flexibility index (Phi) is 6.49. The van der Waals surface area contributed by atoms with E-state index < -0.39 is 11.5 Å². The molecular formula is C14H21NO4. The molecule has 0 heterocycles. The Labute approximate surface area is 113 Å². The van der Waals surface area contributed by atoms with Crippen molar-refractivity contribution < 1.29 is 19.0 Å². The molecule has 0 amide bonds. The van der Waals surface area contributed by atoms with Crippen LogP contribution in [0.2, 0.25) is 0 Å². The third-order valence-electron chi connectivity index (χ3n) is 2.74. The topological polar surface area (TPSA) is 70.8 Å². The van der Waals surface area contributed by atoms with Crippen molar-refractivity contribution >= 4 is 5.97 Å². The minimum atomic E-state index is -1.29. The van der Waals surface area contributed by atoms with Crippen LogP contribution < -0.4 is 5.73 Å². The predicted molar refractivity (Wildman–Crippen MR) is 71.6 cm³/mol. The maximum absolute atomic E-state index is 11.9. The Hall–Kier alpha value is -1.43. The number of carbonyl (C=O) groups is 1. The summed E-state index contributed by atoms with van der Waals surface area (Å²) < 4.78 is 15.4. The van der Waals surface area contributed by atoms with E-state index in [1.807, 2.05) is 25.1 Å². The van der Waals surface area contributed by atoms with Gasteiger partial charge in [0.2, 0.25) is 0 Å². The van der Waals surface area contributed by atoms with Crippen LogP contribution >= 0.6 is 0 Å². The third kappa shape index (κ3) is 4.31. The summed E-state index contributed by atoms with van der Waals surface area (Å²) in [4.78, 5) is 11.9. The van der Waals surface area contributed by atoms with Crippen molar-refractivity contribution in [3.05, 3.63) is 35.9 Å². The number of rotatable bonds is 8. The van der Waals surface area contributed by atoms with Crippen LogP contribution in [0.5, 0.6) is 0 Å². The van der Waals surface area contributed by atoms with Crippen LogP contribution in [-0.4, -0.2) is 39.5 Å². The lowest BCUT2D eigenvalue weighted by molar-refractivity contribution is -0.150. The average Bonchev–Trinajstić information content (AvgIpc) is 2.46. The Morgan fingerprint density at radius 3 is 2.42 bits per heavy atom. The molecule has 0 saturated carbocycles. The fourth-order valence-corrected chi connectivity index (χ4v) is 1.67. The van der Waals surface area contributed by atoms with Gasteiger partial charge >= 0.3 is 5.97 Å². The van der Waals surface area contributed by atoms with Crippen molar-refractivity contribution in [1.29, 1.82) is 0 Å². The molecule has 0 spiro atoms. The van der Waals surface area contributed by atoms with Gasteiger partial charge in [-0.2, -0.15) is 0 Å². The van der Waals surface area contributed by atoms with Gasteiger partial charge in [-0.1, -0.05) is 30.3 Å². The Bertz CT molecular complexity index is 382. The second-order valence-corrected chi connectivity index (χ2v) is 4.08. The second-order valence-electron chi connectivity index (χ2n) is 4.08. The van der Waals surface area contributed by atoms with Gasteiger partial charge in [0.05, 0.1) is 26.9 Å². The summed E-state index contributed by atoms with van der Waals surface area (Å²) in [5.41, 5.74) is 5.52. The van der Waals surface area contributed by atoms with Crippen LogP contribution in [0, 0.1) is 0 Å². The van der Waals surface area contributed by atoms with Gasteiger partial charge in [-0.05, 0) is 12.5 Å². The maximum atomic E-state index is 11.9. The first-order chi connectivity index (χ1) is 9.15. The highest BCUT2D eigenvalue weighted by molar-refractivity contribution is 5.82. The molecule has 1 atom stereocenters. The largest absolute Gasteiger partial charge is 0.467 e. The number of benzene rings is 1. The summed E-state index contributed by atoms with van der Waals surface area (Å²) in [6.45, 7) is 3.45. The molecule has 0 aliphatic carbocycles. The highest BCUT2D eigenvalue weighted by atomic mass is 16.5. The lowest BCUT2D eigenvalue weighted by atomic mass is 9.92. The fourth-order valence-electron chi connectivity index (χ4n) is 1.67. The van der Waals surface area contributed by atoms with Crippen molar-refractivity contribution in [1.82, 2.24) is 0 Å². The van der Waals surface area contributed by atoms with E-state index in [1.165, 1.54) is 7.11 Å². The van der Waals surface area contributed by atoms with E-state index in [9.17, 15) is 4.79 Å². The Morgan fingerprint density at radius 1 is 1.21 bits per heavy atom. The van der Waals surface area contributed by atoms with Crippen molar-refractivity contribution in [3.63, 3.8) is 0 Å². The zero-order valence-electron chi connectivity index (χ0n) is 11.4. The van der Waals surface area contributed by atoms with Gasteiger partial charge in [0.1, 0.15) is 0 Å². The van der Waals surface area contributed by atoms with Crippen molar-refractivity contribution in [2.75, 3.05) is 33.5 Å². The smallest absolute Gasteiger partial charge is 0.332 e. The maximum Gasteiger partial charge on any atom is 0.332 e. The number of hydrogen-bond donors (Lipinski definition) is 1. The molecule has 2 N–H and O–H groups in total. The van der Waals surface area contributed by atoms with Crippen LogP contribution in [0.15, 0.2) is 30.3 Å². The summed E-state index contributed by atoms with van der Waals surface area (Å²) in [5.74, 6) is -0.518. The highest BCUT2D eigenvalue weighted by Crippen LogP contribution is 2.20. The zero-order valence-corrected chi connectivity index (χ0v) is 11.4. The van der Waals surface area contributed by atoms with Crippen LogP contribution in [0.3, 0.4) is 0 Å². The molecule has 0 bridgehead atoms. The van der Waals surface area contributed by atoms with Crippen LogP contribution in [0.1, 0.15) is 12.5 Å². The number of methoxy groups -OCH3 is 1. The van der Waals surface area contributed by atoms with E-state index in [2.05, 4.69) is 0 Å². The predicted octanol–water partition coefficient (Wildman–Crippen LogP) is 1.07. The molecule has 106 valence electrons. The van der Waals surface area contributed by atoms with E-state index in [-0.39, 0.29) is 6.61 Å². The number of nitrogens with two attached hydrogens (primary N) is 1. The first kappa shape index (κ1) is 15.6. The minimum Gasteiger partial charge on any atom is -0.467 e. The number of carbonyl (C=O) groups excluding carboxylic acids is 1. The van der Waals surface area contributed by atoms with Crippen molar-refractivity contribution in [2.24, 2.45) is 5.73 Å². The molecule has 0 aliphatic rings. The summed E-state index contributed by atoms with van der Waals surface area (Å²) in [6.07, 6.45) is 0. The van der Waals surface area contributed by atoms with Crippen LogP contribution in [-0.2, 0) is 24.5 Å². The first-order valence-corrected chi connectivity index (χ1v) is 6.23. The van der Waals surface area contributed by atoms with Gasteiger partial charge in [0.15, 0.2) is 5.54 Å². The number of esters is 1. The molecule has 0 aliphatic heterocycles. The minimum absolute atomic E-state index is 0.0523.